The zero-order chi connectivity index (χ0) is 19.0. The number of anilines is 1. The maximum Gasteiger partial charge on any atom is 0.286 e. The summed E-state index contributed by atoms with van der Waals surface area (Å²) in [6.07, 6.45) is 1.78. The first kappa shape index (κ1) is 17.7. The number of amides is 1. The Morgan fingerprint density at radius 3 is 2.48 bits per heavy atom. The molecule has 2 aliphatic heterocycles. The summed E-state index contributed by atoms with van der Waals surface area (Å²) in [7, 11) is -3.94. The van der Waals surface area contributed by atoms with Crippen LogP contribution in [0.4, 0.5) is 5.69 Å². The van der Waals surface area contributed by atoms with Crippen LogP contribution in [0.1, 0.15) is 24.0 Å². The summed E-state index contributed by atoms with van der Waals surface area (Å²) in [5.74, 6) is -0.503. The number of hydrogen-bond donors (Lipinski definition) is 0. The van der Waals surface area contributed by atoms with Crippen molar-refractivity contribution >= 4 is 26.5 Å². The molecule has 2 aliphatic rings. The van der Waals surface area contributed by atoms with Crippen LogP contribution < -0.4 is 5.01 Å². The number of fused-ring (bicyclic) bond motifs is 1. The lowest BCUT2D eigenvalue weighted by molar-refractivity contribution is -0.122. The van der Waals surface area contributed by atoms with E-state index in [4.69, 9.17) is 0 Å². The molecular weight excluding hydrogens is 362 g/mol. The second kappa shape index (κ2) is 6.81. The van der Waals surface area contributed by atoms with Crippen LogP contribution >= 0.6 is 0 Å². The van der Waals surface area contributed by atoms with Crippen LogP contribution in [0.25, 0.3) is 0 Å². The van der Waals surface area contributed by atoms with Crippen molar-refractivity contribution < 1.29 is 13.2 Å². The predicted octanol–water partition coefficient (Wildman–Crippen LogP) is 2.72. The monoisotopic (exact) mass is 383 g/mol. The molecule has 1 fully saturated rings. The van der Waals surface area contributed by atoms with Crippen LogP contribution in [0.5, 0.6) is 0 Å². The van der Waals surface area contributed by atoms with Crippen molar-refractivity contribution in [3.63, 3.8) is 0 Å². The topological polar surface area (TPSA) is 70.1 Å². The second-order valence-corrected chi connectivity index (χ2v) is 8.76. The van der Waals surface area contributed by atoms with E-state index in [1.165, 1.54) is 0 Å². The molecule has 0 bridgehead atoms. The Kier molecular flexibility index (Phi) is 4.47. The summed E-state index contributed by atoms with van der Waals surface area (Å²) < 4.78 is 26.2. The van der Waals surface area contributed by atoms with Crippen molar-refractivity contribution in [2.75, 3.05) is 18.1 Å². The number of benzene rings is 2. The van der Waals surface area contributed by atoms with E-state index < -0.39 is 15.7 Å². The van der Waals surface area contributed by atoms with Gasteiger partial charge < -0.3 is 4.90 Å². The number of carbonyl (C=O) groups excluding carboxylic acids is 1. The van der Waals surface area contributed by atoms with Crippen molar-refractivity contribution in [3.8, 4) is 0 Å². The molecule has 4 rings (SSSR count). The molecule has 2 aromatic rings. The third-order valence-corrected chi connectivity index (χ3v) is 6.59. The standard InChI is InChI=1S/C20H21N3O3S/c1-15-9-10-18-17(13-15)23(14-16-7-3-2-4-8-16)21-19(27(18,25)26)20(24)22-11-5-6-12-22/h2-4,7-10,13H,5-6,11-12,14H2,1H3. The van der Waals surface area contributed by atoms with Crippen LogP contribution in [-0.4, -0.2) is 37.4 Å². The summed E-state index contributed by atoms with van der Waals surface area (Å²) in [4.78, 5) is 14.6. The second-order valence-electron chi connectivity index (χ2n) is 6.92. The van der Waals surface area contributed by atoms with Crippen molar-refractivity contribution in [2.24, 2.45) is 5.10 Å². The maximum atomic E-state index is 13.1. The van der Waals surface area contributed by atoms with Gasteiger partial charge >= 0.3 is 0 Å². The lowest BCUT2D eigenvalue weighted by atomic mass is 10.2. The number of aryl methyl sites for hydroxylation is 1. The van der Waals surface area contributed by atoms with Crippen molar-refractivity contribution in [1.82, 2.24) is 4.90 Å². The number of likely N-dealkylation sites (tertiary alicyclic amines) is 1. The molecule has 0 saturated carbocycles. The zero-order valence-corrected chi connectivity index (χ0v) is 15.9. The Hall–Kier alpha value is -2.67. The molecule has 0 unspecified atom stereocenters. The van der Waals surface area contributed by atoms with Crippen molar-refractivity contribution in [2.45, 2.75) is 31.2 Å². The molecule has 0 atom stereocenters. The fourth-order valence-electron chi connectivity index (χ4n) is 3.47. The number of hydrogen-bond acceptors (Lipinski definition) is 5. The van der Waals surface area contributed by atoms with E-state index in [0.717, 1.165) is 24.0 Å². The van der Waals surface area contributed by atoms with Gasteiger partial charge in [-0.2, -0.15) is 5.10 Å². The molecular formula is C20H21N3O3S. The van der Waals surface area contributed by atoms with Gasteiger partial charge in [0.15, 0.2) is 0 Å². The number of carbonyl (C=O) groups is 1. The number of hydrazone groups is 1. The zero-order valence-electron chi connectivity index (χ0n) is 15.1. The van der Waals surface area contributed by atoms with E-state index in [-0.39, 0.29) is 9.94 Å². The highest BCUT2D eigenvalue weighted by molar-refractivity contribution is 8.08. The van der Waals surface area contributed by atoms with Crippen LogP contribution in [0.2, 0.25) is 0 Å². The Morgan fingerprint density at radius 1 is 1.07 bits per heavy atom. The van der Waals surface area contributed by atoms with Gasteiger partial charge in [-0.15, -0.1) is 0 Å². The van der Waals surface area contributed by atoms with Crippen LogP contribution in [0, 0.1) is 6.92 Å². The molecule has 0 N–H and O–H groups in total. The van der Waals surface area contributed by atoms with E-state index in [1.54, 1.807) is 28.1 Å². The largest absolute Gasteiger partial charge is 0.337 e. The predicted molar refractivity (Wildman–Crippen MR) is 104 cm³/mol. The Labute approximate surface area is 159 Å². The molecule has 0 aromatic heterocycles. The van der Waals surface area contributed by atoms with Gasteiger partial charge in [0, 0.05) is 13.1 Å². The van der Waals surface area contributed by atoms with E-state index in [9.17, 15) is 13.2 Å². The average molecular weight is 383 g/mol. The fourth-order valence-corrected chi connectivity index (χ4v) is 4.93. The Balaban J connectivity index is 1.81. The highest BCUT2D eigenvalue weighted by Crippen LogP contribution is 2.34. The van der Waals surface area contributed by atoms with Gasteiger partial charge in [0.05, 0.1) is 17.1 Å². The first-order chi connectivity index (χ1) is 13.0. The Bertz CT molecular complexity index is 1010. The quantitative estimate of drug-likeness (QED) is 0.817. The van der Waals surface area contributed by atoms with Crippen LogP contribution in [-0.2, 0) is 21.2 Å². The molecule has 27 heavy (non-hydrogen) atoms. The van der Waals surface area contributed by atoms with E-state index in [1.807, 2.05) is 37.3 Å². The molecule has 1 amide bonds. The first-order valence-electron chi connectivity index (χ1n) is 9.02. The van der Waals surface area contributed by atoms with Gasteiger partial charge in [0.1, 0.15) is 0 Å². The number of nitrogens with zero attached hydrogens (tertiary/aromatic N) is 3. The summed E-state index contributed by atoms with van der Waals surface area (Å²) in [6.45, 7) is 3.45. The molecule has 1 saturated heterocycles. The molecule has 0 spiro atoms. The highest BCUT2D eigenvalue weighted by Gasteiger charge is 2.39. The number of sulfone groups is 1. The molecule has 2 heterocycles. The minimum Gasteiger partial charge on any atom is -0.337 e. The lowest BCUT2D eigenvalue weighted by Crippen LogP contribution is -2.42. The van der Waals surface area contributed by atoms with Gasteiger partial charge in [-0.1, -0.05) is 36.4 Å². The first-order valence-corrected chi connectivity index (χ1v) is 10.5. The summed E-state index contributed by atoms with van der Waals surface area (Å²) >= 11 is 0. The van der Waals surface area contributed by atoms with E-state index >= 15 is 0 Å². The summed E-state index contributed by atoms with van der Waals surface area (Å²) in [5, 5.41) is 5.58. The fraction of sp³-hybridized carbons (Fsp3) is 0.300. The van der Waals surface area contributed by atoms with Gasteiger partial charge in [-0.25, -0.2) is 8.42 Å². The van der Waals surface area contributed by atoms with Crippen molar-refractivity contribution in [3.05, 3.63) is 59.7 Å². The average Bonchev–Trinajstić information content (AvgIpc) is 3.19. The molecule has 0 radical (unpaired) electrons. The molecule has 140 valence electrons. The van der Waals surface area contributed by atoms with Gasteiger partial charge in [0.25, 0.3) is 5.91 Å². The lowest BCUT2D eigenvalue weighted by Gasteiger charge is -2.29. The molecule has 6 nitrogen and oxygen atoms in total. The molecule has 0 aliphatic carbocycles. The van der Waals surface area contributed by atoms with Crippen LogP contribution in [0.3, 0.4) is 0 Å². The van der Waals surface area contributed by atoms with E-state index in [0.29, 0.717) is 25.3 Å². The SMILES string of the molecule is Cc1ccc2c(c1)N(Cc1ccccc1)N=C(C(=O)N1CCCC1)S2(=O)=O. The normalized spacial score (nSPS) is 18.2. The Morgan fingerprint density at radius 2 is 1.78 bits per heavy atom. The van der Waals surface area contributed by atoms with Crippen LogP contribution in [0.15, 0.2) is 58.5 Å². The third kappa shape index (κ3) is 3.23. The maximum absolute atomic E-state index is 13.1. The van der Waals surface area contributed by atoms with Gasteiger partial charge in [0.2, 0.25) is 14.9 Å². The minimum atomic E-state index is -3.94. The van der Waals surface area contributed by atoms with E-state index in [2.05, 4.69) is 5.10 Å². The summed E-state index contributed by atoms with van der Waals surface area (Å²) in [5.41, 5.74) is 2.43. The number of rotatable bonds is 3. The van der Waals surface area contributed by atoms with Crippen molar-refractivity contribution in [1.29, 1.82) is 0 Å². The molecule has 7 heteroatoms. The third-order valence-electron chi connectivity index (χ3n) is 4.90. The van der Waals surface area contributed by atoms with Gasteiger partial charge in [-0.3, -0.25) is 9.80 Å². The smallest absolute Gasteiger partial charge is 0.286 e. The summed E-state index contributed by atoms with van der Waals surface area (Å²) in [6, 6.07) is 14.8. The van der Waals surface area contributed by atoms with Gasteiger partial charge in [-0.05, 0) is 43.0 Å². The molecule has 2 aromatic carbocycles. The highest BCUT2D eigenvalue weighted by atomic mass is 32.2. The minimum absolute atomic E-state index is 0.140.